The second kappa shape index (κ2) is 17.0. The average Bonchev–Trinajstić information content (AvgIpc) is 3.90. The molecule has 4 aromatic heterocycles. The van der Waals surface area contributed by atoms with Gasteiger partial charge in [0.1, 0.15) is 46.0 Å². The fraction of sp³-hybridized carbons (Fsp3) is 0.611. The lowest BCUT2D eigenvalue weighted by molar-refractivity contribution is 0.0503. The summed E-state index contributed by atoms with van der Waals surface area (Å²) in [4.78, 5) is 37.6. The molecule has 4 heterocycles. The number of aryl methyl sites for hydroxylation is 4. The van der Waals surface area contributed by atoms with Crippen LogP contribution in [0.5, 0.6) is 0 Å². The SMILES string of the molecule is C[Si](C)(C)CCOCn1cc(C(=O)OCCC[Si](C)(C)CCOCn2cc(C(=O)O)c(-c3nc4c(s3)CCCC4)n2)c(-c2nc3c(s2)CCCC3)n1. The molecule has 12 nitrogen and oxygen atoms in total. The molecule has 0 unspecified atom stereocenters. The van der Waals surface area contributed by atoms with Gasteiger partial charge in [-0.05, 0) is 69.9 Å². The summed E-state index contributed by atoms with van der Waals surface area (Å²) in [6, 6.07) is 2.96. The molecule has 0 amide bonds. The molecule has 0 saturated carbocycles. The van der Waals surface area contributed by atoms with Gasteiger partial charge in [-0.25, -0.2) is 28.9 Å². The van der Waals surface area contributed by atoms with E-state index in [1.54, 1.807) is 38.2 Å². The Kier molecular flexibility index (Phi) is 12.6. The number of esters is 1. The van der Waals surface area contributed by atoms with Gasteiger partial charge in [0.05, 0.1) is 18.0 Å². The Morgan fingerprint density at radius 2 is 1.25 bits per heavy atom. The lowest BCUT2D eigenvalue weighted by Crippen LogP contribution is -2.27. The van der Waals surface area contributed by atoms with Crippen LogP contribution < -0.4 is 0 Å². The minimum atomic E-state index is -1.66. The second-order valence-corrected chi connectivity index (χ2v) is 29.0. The van der Waals surface area contributed by atoms with Gasteiger partial charge < -0.3 is 19.3 Å². The fourth-order valence-electron chi connectivity index (χ4n) is 6.46. The molecule has 16 heteroatoms. The number of hydrogen-bond acceptors (Lipinski definition) is 11. The predicted molar refractivity (Wildman–Crippen MR) is 209 cm³/mol. The van der Waals surface area contributed by atoms with Crippen molar-refractivity contribution in [3.05, 3.63) is 44.7 Å². The van der Waals surface area contributed by atoms with Crippen molar-refractivity contribution < 1.29 is 28.9 Å². The molecular weight excluding hydrogens is 733 g/mol. The molecule has 0 atom stereocenters. The highest BCUT2D eigenvalue weighted by Crippen LogP contribution is 2.35. The zero-order valence-electron chi connectivity index (χ0n) is 31.2. The van der Waals surface area contributed by atoms with Gasteiger partial charge in [0, 0.05) is 51.5 Å². The van der Waals surface area contributed by atoms with Crippen molar-refractivity contribution in [1.29, 1.82) is 0 Å². The van der Waals surface area contributed by atoms with E-state index in [0.717, 1.165) is 85.9 Å². The van der Waals surface area contributed by atoms with Crippen LogP contribution in [0.15, 0.2) is 12.4 Å². The number of rotatable bonds is 18. The molecule has 282 valence electrons. The second-order valence-electron chi connectivity index (χ2n) is 15.9. The van der Waals surface area contributed by atoms with Crippen LogP contribution in [0.1, 0.15) is 74.0 Å². The summed E-state index contributed by atoms with van der Waals surface area (Å²) in [5, 5.41) is 20.6. The number of nitrogens with zero attached hydrogens (tertiary/aromatic N) is 6. The van der Waals surface area contributed by atoms with Crippen LogP contribution in [0, 0.1) is 0 Å². The maximum atomic E-state index is 13.4. The largest absolute Gasteiger partial charge is 0.478 e. The van der Waals surface area contributed by atoms with Gasteiger partial charge in [-0.2, -0.15) is 10.2 Å². The average molecular weight is 785 g/mol. The number of carbonyl (C=O) groups excluding carboxylic acids is 1. The van der Waals surface area contributed by atoms with E-state index in [1.165, 1.54) is 22.4 Å². The molecule has 0 saturated heterocycles. The van der Waals surface area contributed by atoms with E-state index in [-0.39, 0.29) is 25.0 Å². The highest BCUT2D eigenvalue weighted by molar-refractivity contribution is 7.15. The minimum absolute atomic E-state index is 0.148. The smallest absolute Gasteiger partial charge is 0.342 e. The summed E-state index contributed by atoms with van der Waals surface area (Å²) in [6.07, 6.45) is 12.6. The van der Waals surface area contributed by atoms with Gasteiger partial charge in [-0.15, -0.1) is 22.7 Å². The summed E-state index contributed by atoms with van der Waals surface area (Å²) < 4.78 is 21.0. The van der Waals surface area contributed by atoms with Gasteiger partial charge >= 0.3 is 11.9 Å². The molecule has 0 spiro atoms. The number of aromatic nitrogens is 6. The molecule has 1 N–H and O–H groups in total. The third-order valence-corrected chi connectivity index (χ3v) is 17.0. The molecule has 0 aromatic carbocycles. The van der Waals surface area contributed by atoms with E-state index in [1.807, 2.05) is 0 Å². The first-order valence-corrected chi connectivity index (χ1v) is 27.3. The standard InChI is InChI=1S/C36H52N6O6S2Si2/c1-51(2,3)19-16-46-24-42-22-26(32(40-42)34-38-28-12-7-9-14-30(28)50-34)36(45)48-15-10-18-52(4,5)20-17-47-23-41-21-25(35(43)44)31(39-41)33-37-27-11-6-8-13-29(27)49-33/h21-22H,6-20,23-24H2,1-5H3,(H,43,44). The third kappa shape index (κ3) is 10.1. The van der Waals surface area contributed by atoms with Crippen molar-refractivity contribution in [3.63, 3.8) is 0 Å². The van der Waals surface area contributed by atoms with Crippen molar-refractivity contribution >= 4 is 50.8 Å². The Bertz CT molecular complexity index is 1810. The number of aromatic carboxylic acids is 1. The first-order valence-electron chi connectivity index (χ1n) is 18.5. The zero-order chi connectivity index (χ0) is 36.9. The maximum Gasteiger partial charge on any atom is 0.342 e. The molecule has 52 heavy (non-hydrogen) atoms. The van der Waals surface area contributed by atoms with E-state index in [0.29, 0.717) is 41.8 Å². The van der Waals surface area contributed by atoms with Crippen molar-refractivity contribution in [1.82, 2.24) is 29.5 Å². The van der Waals surface area contributed by atoms with Crippen LogP contribution in [0.4, 0.5) is 0 Å². The summed E-state index contributed by atoms with van der Waals surface area (Å²) >= 11 is 3.20. The van der Waals surface area contributed by atoms with E-state index in [4.69, 9.17) is 29.3 Å². The number of ether oxygens (including phenoxy) is 3. The Balaban J connectivity index is 0.984. The van der Waals surface area contributed by atoms with Gasteiger partial charge in [-0.3, -0.25) is 0 Å². The summed E-state index contributed by atoms with van der Waals surface area (Å²) in [5.74, 6) is -1.39. The van der Waals surface area contributed by atoms with Crippen molar-refractivity contribution in [2.45, 2.75) is 122 Å². The van der Waals surface area contributed by atoms with E-state index in [9.17, 15) is 14.7 Å². The quantitative estimate of drug-likeness (QED) is 0.0599. The Morgan fingerprint density at radius 1 is 0.731 bits per heavy atom. The van der Waals surface area contributed by atoms with E-state index in [2.05, 4.69) is 37.8 Å². The van der Waals surface area contributed by atoms with Crippen LogP contribution in [0.3, 0.4) is 0 Å². The highest BCUT2D eigenvalue weighted by atomic mass is 32.1. The molecule has 2 aliphatic rings. The van der Waals surface area contributed by atoms with E-state index >= 15 is 0 Å². The van der Waals surface area contributed by atoms with Crippen LogP contribution >= 0.6 is 22.7 Å². The number of carboxylic acid groups (broad SMARTS) is 1. The summed E-state index contributed by atoms with van der Waals surface area (Å²) in [6.45, 7) is 13.6. The molecule has 0 radical (unpaired) electrons. The number of hydrogen-bond donors (Lipinski definition) is 1. The zero-order valence-corrected chi connectivity index (χ0v) is 34.8. The lowest BCUT2D eigenvalue weighted by atomic mass is 10.0. The third-order valence-electron chi connectivity index (χ3n) is 9.67. The van der Waals surface area contributed by atoms with Gasteiger partial charge in [0.15, 0.2) is 0 Å². The first kappa shape index (κ1) is 38.7. The number of carbonyl (C=O) groups is 2. The minimum Gasteiger partial charge on any atom is -0.478 e. The molecule has 4 aromatic rings. The summed E-state index contributed by atoms with van der Waals surface area (Å²) in [7, 11) is -2.88. The molecule has 0 fully saturated rings. The monoisotopic (exact) mass is 784 g/mol. The van der Waals surface area contributed by atoms with Crippen molar-refractivity contribution in [2.24, 2.45) is 0 Å². The van der Waals surface area contributed by atoms with Crippen LogP contribution in [-0.4, -0.2) is 82.5 Å². The number of carboxylic acids is 1. The van der Waals surface area contributed by atoms with Crippen molar-refractivity contribution in [3.8, 4) is 21.4 Å². The summed E-state index contributed by atoms with van der Waals surface area (Å²) in [5.41, 5.74) is 3.79. The van der Waals surface area contributed by atoms with Crippen LogP contribution in [-0.2, 0) is 53.4 Å². The number of thiazole rings is 2. The maximum absolute atomic E-state index is 13.4. The topological polar surface area (TPSA) is 143 Å². The van der Waals surface area contributed by atoms with Crippen LogP contribution in [0.2, 0.25) is 50.9 Å². The Labute approximate surface area is 316 Å². The van der Waals surface area contributed by atoms with Gasteiger partial charge in [0.25, 0.3) is 0 Å². The van der Waals surface area contributed by atoms with Gasteiger partial charge in [0.2, 0.25) is 0 Å². The molecule has 0 bridgehead atoms. The highest BCUT2D eigenvalue weighted by Gasteiger charge is 2.27. The van der Waals surface area contributed by atoms with E-state index < -0.39 is 22.1 Å². The number of fused-ring (bicyclic) bond motifs is 2. The predicted octanol–water partition coefficient (Wildman–Crippen LogP) is 8.02. The van der Waals surface area contributed by atoms with Crippen LogP contribution in [0.25, 0.3) is 21.4 Å². The molecular formula is C36H52N6O6S2Si2. The normalized spacial score (nSPS) is 14.7. The van der Waals surface area contributed by atoms with Crippen molar-refractivity contribution in [2.75, 3.05) is 19.8 Å². The lowest BCUT2D eigenvalue weighted by Gasteiger charge is -2.22. The fourth-order valence-corrected chi connectivity index (χ4v) is 11.6. The first-order chi connectivity index (χ1) is 24.8. The molecule has 6 rings (SSSR count). The Hall–Kier alpha value is -3.03. The van der Waals surface area contributed by atoms with Gasteiger partial charge in [-0.1, -0.05) is 38.8 Å². The molecule has 0 aliphatic heterocycles. The Morgan fingerprint density at radius 3 is 1.79 bits per heavy atom. The molecule has 2 aliphatic carbocycles.